The van der Waals surface area contributed by atoms with Gasteiger partial charge in [-0.3, -0.25) is 9.59 Å². The Kier molecular flexibility index (Phi) is 6.45. The van der Waals surface area contributed by atoms with Crippen LogP contribution >= 0.6 is 23.2 Å². The van der Waals surface area contributed by atoms with E-state index >= 15 is 0 Å². The highest BCUT2D eigenvalue weighted by Crippen LogP contribution is 2.32. The van der Waals surface area contributed by atoms with Crippen molar-refractivity contribution in [3.05, 3.63) is 81.1 Å². The number of rotatable bonds is 6. The summed E-state index contributed by atoms with van der Waals surface area (Å²) in [5, 5.41) is 0.220. The quantitative estimate of drug-likeness (QED) is 0.558. The third kappa shape index (κ3) is 4.61. The van der Waals surface area contributed by atoms with E-state index in [4.69, 9.17) is 28.9 Å². The second-order valence-electron chi connectivity index (χ2n) is 6.95. The minimum atomic E-state index is -4.26. The highest BCUT2D eigenvalue weighted by atomic mass is 35.5. The molecular weight excluding hydrogens is 461 g/mol. The molecule has 3 rings (SSSR count). The van der Waals surface area contributed by atoms with Crippen molar-refractivity contribution < 1.29 is 18.0 Å². The molecule has 0 unspecified atom stereocenters. The molecule has 3 N–H and O–H groups in total. The highest BCUT2D eigenvalue weighted by Gasteiger charge is 2.33. The van der Waals surface area contributed by atoms with Gasteiger partial charge in [-0.25, -0.2) is 8.42 Å². The van der Waals surface area contributed by atoms with Crippen LogP contribution in [-0.4, -0.2) is 37.2 Å². The second kappa shape index (κ2) is 8.74. The first kappa shape index (κ1) is 22.9. The van der Waals surface area contributed by atoms with Gasteiger partial charge in [0.25, 0.3) is 11.8 Å². The standard InChI is InChI=1S/C21H19Cl2N3O4S/c1-12-17(21(28)26(2)11-13-6-4-3-5-7-13)25-18(20(24)27)19(12)31(29,30)16-9-14(22)8-15(23)10-16/h3-10,25H,11H2,1-2H3,(H2,24,27). The van der Waals surface area contributed by atoms with Gasteiger partial charge in [0.2, 0.25) is 9.84 Å². The van der Waals surface area contributed by atoms with Crippen LogP contribution in [0, 0.1) is 6.92 Å². The summed E-state index contributed by atoms with van der Waals surface area (Å²) in [6.45, 7) is 1.72. The molecule has 3 aromatic rings. The predicted molar refractivity (Wildman–Crippen MR) is 118 cm³/mol. The maximum absolute atomic E-state index is 13.3. The lowest BCUT2D eigenvalue weighted by Gasteiger charge is -2.17. The molecular formula is C21H19Cl2N3O4S. The number of aromatic amines is 1. The molecule has 0 aliphatic heterocycles. The first-order valence-corrected chi connectivity index (χ1v) is 11.3. The molecule has 0 spiro atoms. The monoisotopic (exact) mass is 479 g/mol. The molecule has 1 heterocycles. The number of nitrogens with two attached hydrogens (primary N) is 1. The molecule has 0 saturated carbocycles. The Morgan fingerprint density at radius 1 is 1.03 bits per heavy atom. The molecule has 7 nitrogen and oxygen atoms in total. The third-order valence-electron chi connectivity index (χ3n) is 4.68. The number of halogens is 2. The summed E-state index contributed by atoms with van der Waals surface area (Å²) in [7, 11) is -2.69. The first-order valence-electron chi connectivity index (χ1n) is 9.05. The largest absolute Gasteiger partial charge is 0.364 e. The van der Waals surface area contributed by atoms with Crippen LogP contribution in [0.3, 0.4) is 0 Å². The summed E-state index contributed by atoms with van der Waals surface area (Å²) < 4.78 is 26.6. The molecule has 1 aromatic heterocycles. The normalized spacial score (nSPS) is 11.4. The lowest BCUT2D eigenvalue weighted by Crippen LogP contribution is -2.27. The van der Waals surface area contributed by atoms with E-state index in [2.05, 4.69) is 4.98 Å². The number of nitrogens with zero attached hydrogens (tertiary/aromatic N) is 1. The second-order valence-corrected chi connectivity index (χ2v) is 9.71. The fraction of sp³-hybridized carbons (Fsp3) is 0.143. The molecule has 162 valence electrons. The molecule has 0 fully saturated rings. The minimum Gasteiger partial charge on any atom is -0.364 e. The maximum Gasteiger partial charge on any atom is 0.270 e. The van der Waals surface area contributed by atoms with Crippen molar-refractivity contribution in [1.29, 1.82) is 0 Å². The van der Waals surface area contributed by atoms with Crippen LogP contribution in [-0.2, 0) is 16.4 Å². The van der Waals surface area contributed by atoms with Crippen LogP contribution in [0.4, 0.5) is 0 Å². The van der Waals surface area contributed by atoms with Gasteiger partial charge in [0.15, 0.2) is 0 Å². The minimum absolute atomic E-state index is 0.0427. The zero-order valence-electron chi connectivity index (χ0n) is 16.6. The van der Waals surface area contributed by atoms with Crippen LogP contribution in [0.1, 0.15) is 32.1 Å². The van der Waals surface area contributed by atoms with Gasteiger partial charge >= 0.3 is 0 Å². The molecule has 10 heteroatoms. The van der Waals surface area contributed by atoms with Gasteiger partial charge in [-0.05, 0) is 36.2 Å². The van der Waals surface area contributed by atoms with E-state index in [-0.39, 0.29) is 43.3 Å². The highest BCUT2D eigenvalue weighted by molar-refractivity contribution is 7.91. The molecule has 0 aliphatic carbocycles. The Bertz CT molecular complexity index is 1250. The lowest BCUT2D eigenvalue weighted by molar-refractivity contribution is 0.0779. The third-order valence-corrected chi connectivity index (χ3v) is 7.02. The molecule has 2 amide bonds. The molecule has 0 radical (unpaired) electrons. The van der Waals surface area contributed by atoms with E-state index in [0.29, 0.717) is 0 Å². The van der Waals surface area contributed by atoms with Crippen LogP contribution in [0.5, 0.6) is 0 Å². The fourth-order valence-electron chi connectivity index (χ4n) is 3.22. The van der Waals surface area contributed by atoms with Gasteiger partial charge in [0.1, 0.15) is 16.3 Å². The van der Waals surface area contributed by atoms with Gasteiger partial charge in [0.05, 0.1) is 4.90 Å². The molecule has 0 bridgehead atoms. The number of hydrogen-bond donors (Lipinski definition) is 2. The summed E-state index contributed by atoms with van der Waals surface area (Å²) in [5.41, 5.74) is 5.96. The Morgan fingerprint density at radius 3 is 2.16 bits per heavy atom. The topological polar surface area (TPSA) is 113 Å². The van der Waals surface area contributed by atoms with Crippen molar-refractivity contribution in [2.75, 3.05) is 7.05 Å². The van der Waals surface area contributed by atoms with Gasteiger partial charge < -0.3 is 15.6 Å². The number of primary amides is 1. The van der Waals surface area contributed by atoms with E-state index in [1.54, 1.807) is 7.05 Å². The van der Waals surface area contributed by atoms with Gasteiger partial charge in [-0.1, -0.05) is 53.5 Å². The van der Waals surface area contributed by atoms with Crippen molar-refractivity contribution >= 4 is 44.9 Å². The average molecular weight is 480 g/mol. The van der Waals surface area contributed by atoms with Crippen molar-refractivity contribution in [3.63, 3.8) is 0 Å². The van der Waals surface area contributed by atoms with Crippen LogP contribution < -0.4 is 5.73 Å². The summed E-state index contributed by atoms with van der Waals surface area (Å²) in [4.78, 5) is 28.5. The average Bonchev–Trinajstić information content (AvgIpc) is 3.05. The summed E-state index contributed by atoms with van der Waals surface area (Å²) in [6.07, 6.45) is 0. The lowest BCUT2D eigenvalue weighted by atomic mass is 10.2. The molecule has 0 saturated heterocycles. The molecule has 31 heavy (non-hydrogen) atoms. The van der Waals surface area contributed by atoms with Crippen molar-refractivity contribution in [2.45, 2.75) is 23.3 Å². The van der Waals surface area contributed by atoms with E-state index < -0.39 is 21.7 Å². The molecule has 0 atom stereocenters. The SMILES string of the molecule is Cc1c(C(=O)N(C)Cc2ccccc2)[nH]c(C(N)=O)c1S(=O)(=O)c1cc(Cl)cc(Cl)c1. The number of hydrogen-bond acceptors (Lipinski definition) is 4. The number of nitrogens with one attached hydrogen (secondary N) is 1. The fourth-order valence-corrected chi connectivity index (χ4v) is 5.60. The summed E-state index contributed by atoms with van der Waals surface area (Å²) in [5.74, 6) is -1.51. The summed E-state index contributed by atoms with van der Waals surface area (Å²) in [6, 6.07) is 13.1. The zero-order valence-corrected chi connectivity index (χ0v) is 19.0. The van der Waals surface area contributed by atoms with Crippen molar-refractivity contribution in [1.82, 2.24) is 9.88 Å². The van der Waals surface area contributed by atoms with Gasteiger partial charge in [0, 0.05) is 23.6 Å². The van der Waals surface area contributed by atoms with Crippen molar-refractivity contribution in [2.24, 2.45) is 5.73 Å². The number of amides is 2. The smallest absolute Gasteiger partial charge is 0.270 e. The maximum atomic E-state index is 13.3. The zero-order chi connectivity index (χ0) is 22.9. The van der Waals surface area contributed by atoms with E-state index in [1.165, 1.54) is 30.0 Å². The van der Waals surface area contributed by atoms with E-state index in [1.807, 2.05) is 30.3 Å². The number of carbonyl (C=O) groups excluding carboxylic acids is 2. The number of benzene rings is 2. The summed E-state index contributed by atoms with van der Waals surface area (Å²) >= 11 is 11.9. The van der Waals surface area contributed by atoms with E-state index in [0.717, 1.165) is 5.56 Å². The number of aromatic nitrogens is 1. The molecule has 2 aromatic carbocycles. The van der Waals surface area contributed by atoms with E-state index in [9.17, 15) is 18.0 Å². The Balaban J connectivity index is 2.09. The first-order chi connectivity index (χ1) is 14.5. The van der Waals surface area contributed by atoms with Gasteiger partial charge in [-0.15, -0.1) is 0 Å². The Labute approximate surface area is 189 Å². The van der Waals surface area contributed by atoms with Crippen molar-refractivity contribution in [3.8, 4) is 0 Å². The number of H-pyrrole nitrogens is 1. The Morgan fingerprint density at radius 2 is 1.61 bits per heavy atom. The van der Waals surface area contributed by atoms with Crippen LogP contribution in [0.25, 0.3) is 0 Å². The Hall–Kier alpha value is -2.81. The van der Waals surface area contributed by atoms with Crippen LogP contribution in [0.2, 0.25) is 10.0 Å². The van der Waals surface area contributed by atoms with Crippen LogP contribution in [0.15, 0.2) is 58.3 Å². The molecule has 0 aliphatic rings. The van der Waals surface area contributed by atoms with Gasteiger partial charge in [-0.2, -0.15) is 0 Å². The number of sulfone groups is 1. The number of carbonyl (C=O) groups is 2. The predicted octanol–water partition coefficient (Wildman–Crippen LogP) is 3.83.